The van der Waals surface area contributed by atoms with Gasteiger partial charge in [-0.25, -0.2) is 0 Å². The molecule has 1 aliphatic rings. The zero-order valence-electron chi connectivity index (χ0n) is 9.15. The molecular weight excluding hydrogens is 204 g/mol. The van der Waals surface area contributed by atoms with Crippen LogP contribution in [0.15, 0.2) is 29.0 Å². The van der Waals surface area contributed by atoms with E-state index in [0.29, 0.717) is 5.92 Å². The standard InChI is InChI=1S/C13H18OS/c1-2-3-11-4-7-13(14,8-5-11)12-6-9-15-10-12/h4,6-7,9-11,14H,2-3,5,8H2,1H3. The van der Waals surface area contributed by atoms with Gasteiger partial charge in [-0.3, -0.25) is 0 Å². The Morgan fingerprint density at radius 1 is 1.60 bits per heavy atom. The molecule has 0 fully saturated rings. The maximum atomic E-state index is 10.4. The summed E-state index contributed by atoms with van der Waals surface area (Å²) >= 11 is 1.65. The lowest BCUT2D eigenvalue weighted by molar-refractivity contribution is 0.0661. The smallest absolute Gasteiger partial charge is 0.109 e. The van der Waals surface area contributed by atoms with Gasteiger partial charge < -0.3 is 5.11 Å². The maximum absolute atomic E-state index is 10.4. The van der Waals surface area contributed by atoms with Crippen LogP contribution in [0.1, 0.15) is 38.2 Å². The summed E-state index contributed by atoms with van der Waals surface area (Å²) in [7, 11) is 0. The van der Waals surface area contributed by atoms with E-state index < -0.39 is 5.60 Å². The maximum Gasteiger partial charge on any atom is 0.109 e. The molecule has 1 nitrogen and oxygen atoms in total. The Kier molecular flexibility index (Phi) is 3.27. The molecule has 0 aromatic carbocycles. The monoisotopic (exact) mass is 222 g/mol. The molecule has 0 saturated heterocycles. The van der Waals surface area contributed by atoms with Crippen LogP contribution in [0.25, 0.3) is 0 Å². The molecular formula is C13H18OS. The number of aliphatic hydroxyl groups is 1. The molecule has 2 atom stereocenters. The fraction of sp³-hybridized carbons (Fsp3) is 0.538. The van der Waals surface area contributed by atoms with Gasteiger partial charge in [0.25, 0.3) is 0 Å². The van der Waals surface area contributed by atoms with Crippen molar-refractivity contribution in [2.75, 3.05) is 0 Å². The van der Waals surface area contributed by atoms with Gasteiger partial charge >= 0.3 is 0 Å². The zero-order chi connectivity index (χ0) is 10.7. The van der Waals surface area contributed by atoms with Crippen LogP contribution >= 0.6 is 11.3 Å². The molecule has 15 heavy (non-hydrogen) atoms. The van der Waals surface area contributed by atoms with Gasteiger partial charge in [0, 0.05) is 0 Å². The van der Waals surface area contributed by atoms with Gasteiger partial charge in [-0.2, -0.15) is 11.3 Å². The highest BCUT2D eigenvalue weighted by atomic mass is 32.1. The van der Waals surface area contributed by atoms with E-state index in [4.69, 9.17) is 0 Å². The van der Waals surface area contributed by atoms with Crippen LogP contribution in [0.5, 0.6) is 0 Å². The van der Waals surface area contributed by atoms with Crippen molar-refractivity contribution in [3.63, 3.8) is 0 Å². The van der Waals surface area contributed by atoms with Gasteiger partial charge in [0.1, 0.15) is 5.60 Å². The van der Waals surface area contributed by atoms with Gasteiger partial charge in [-0.15, -0.1) is 0 Å². The van der Waals surface area contributed by atoms with E-state index in [0.717, 1.165) is 18.4 Å². The van der Waals surface area contributed by atoms with Crippen molar-refractivity contribution in [3.8, 4) is 0 Å². The summed E-state index contributed by atoms with van der Waals surface area (Å²) in [5.41, 5.74) is 0.364. The minimum atomic E-state index is -0.690. The molecule has 1 N–H and O–H groups in total. The molecule has 82 valence electrons. The Morgan fingerprint density at radius 3 is 3.00 bits per heavy atom. The van der Waals surface area contributed by atoms with E-state index in [1.54, 1.807) is 11.3 Å². The number of hydrogen-bond acceptors (Lipinski definition) is 2. The second kappa shape index (κ2) is 4.50. The first-order valence-electron chi connectivity index (χ1n) is 5.69. The predicted octanol–water partition coefficient (Wildman–Crippen LogP) is 3.70. The fourth-order valence-corrected chi connectivity index (χ4v) is 2.98. The molecule has 0 amide bonds. The second-order valence-electron chi connectivity index (χ2n) is 4.38. The minimum absolute atomic E-state index is 0.675. The normalized spacial score (nSPS) is 30.7. The minimum Gasteiger partial charge on any atom is -0.381 e. The van der Waals surface area contributed by atoms with Crippen LogP contribution < -0.4 is 0 Å². The zero-order valence-corrected chi connectivity index (χ0v) is 9.96. The highest BCUT2D eigenvalue weighted by Gasteiger charge is 2.30. The molecule has 1 aromatic heterocycles. The van der Waals surface area contributed by atoms with Crippen LogP contribution in [0.3, 0.4) is 0 Å². The van der Waals surface area contributed by atoms with Crippen molar-refractivity contribution in [3.05, 3.63) is 34.5 Å². The Bertz CT molecular complexity index is 328. The lowest BCUT2D eigenvalue weighted by Gasteiger charge is -2.30. The third kappa shape index (κ3) is 2.32. The summed E-state index contributed by atoms with van der Waals surface area (Å²) in [6, 6.07) is 2.02. The average molecular weight is 222 g/mol. The van der Waals surface area contributed by atoms with E-state index >= 15 is 0 Å². The first-order valence-corrected chi connectivity index (χ1v) is 6.63. The molecule has 1 aromatic rings. The van der Waals surface area contributed by atoms with Crippen LogP contribution in [0.4, 0.5) is 0 Å². The van der Waals surface area contributed by atoms with E-state index in [1.165, 1.54) is 12.8 Å². The van der Waals surface area contributed by atoms with Gasteiger partial charge in [-0.1, -0.05) is 25.5 Å². The Morgan fingerprint density at radius 2 is 2.47 bits per heavy atom. The Balaban J connectivity index is 2.10. The van der Waals surface area contributed by atoms with E-state index in [2.05, 4.69) is 13.0 Å². The molecule has 2 rings (SSSR count). The molecule has 0 aliphatic heterocycles. The van der Waals surface area contributed by atoms with Crippen LogP contribution in [-0.4, -0.2) is 5.11 Å². The van der Waals surface area contributed by atoms with Gasteiger partial charge in [0.05, 0.1) is 0 Å². The molecule has 1 aliphatic carbocycles. The van der Waals surface area contributed by atoms with Crippen molar-refractivity contribution in [1.29, 1.82) is 0 Å². The lowest BCUT2D eigenvalue weighted by Crippen LogP contribution is -2.26. The van der Waals surface area contributed by atoms with Crippen molar-refractivity contribution < 1.29 is 5.11 Å². The van der Waals surface area contributed by atoms with Crippen molar-refractivity contribution >= 4 is 11.3 Å². The van der Waals surface area contributed by atoms with Gasteiger partial charge in [0.2, 0.25) is 0 Å². The lowest BCUT2D eigenvalue weighted by atomic mass is 9.80. The second-order valence-corrected chi connectivity index (χ2v) is 5.16. The number of thiophene rings is 1. The van der Waals surface area contributed by atoms with Crippen molar-refractivity contribution in [1.82, 2.24) is 0 Å². The highest BCUT2D eigenvalue weighted by molar-refractivity contribution is 7.08. The molecule has 2 heteroatoms. The molecule has 0 spiro atoms. The highest BCUT2D eigenvalue weighted by Crippen LogP contribution is 2.36. The van der Waals surface area contributed by atoms with E-state index in [1.807, 2.05) is 22.9 Å². The average Bonchev–Trinajstić information content (AvgIpc) is 2.76. The van der Waals surface area contributed by atoms with Crippen molar-refractivity contribution in [2.45, 2.75) is 38.2 Å². The van der Waals surface area contributed by atoms with Crippen LogP contribution in [0, 0.1) is 5.92 Å². The number of allylic oxidation sites excluding steroid dienone is 1. The number of rotatable bonds is 3. The molecule has 1 heterocycles. The first kappa shape index (κ1) is 10.9. The summed E-state index contributed by atoms with van der Waals surface area (Å²) in [5.74, 6) is 0.675. The largest absolute Gasteiger partial charge is 0.381 e. The van der Waals surface area contributed by atoms with Crippen LogP contribution in [-0.2, 0) is 5.60 Å². The third-order valence-electron chi connectivity index (χ3n) is 3.22. The topological polar surface area (TPSA) is 20.2 Å². The summed E-state index contributed by atoms with van der Waals surface area (Å²) in [6.45, 7) is 2.22. The molecule has 2 unspecified atom stereocenters. The van der Waals surface area contributed by atoms with Gasteiger partial charge in [0.15, 0.2) is 0 Å². The third-order valence-corrected chi connectivity index (χ3v) is 3.90. The summed E-state index contributed by atoms with van der Waals surface area (Å²) in [4.78, 5) is 0. The SMILES string of the molecule is CCCC1C=CC(O)(c2ccsc2)CC1. The summed E-state index contributed by atoms with van der Waals surface area (Å²) in [5, 5.41) is 14.5. The van der Waals surface area contributed by atoms with Crippen LogP contribution in [0.2, 0.25) is 0 Å². The summed E-state index contributed by atoms with van der Waals surface area (Å²) < 4.78 is 0. The summed E-state index contributed by atoms with van der Waals surface area (Å²) in [6.07, 6.45) is 8.65. The Hall–Kier alpha value is -0.600. The predicted molar refractivity (Wildman–Crippen MR) is 65.0 cm³/mol. The fourth-order valence-electron chi connectivity index (χ4n) is 2.24. The van der Waals surface area contributed by atoms with E-state index in [9.17, 15) is 5.11 Å². The van der Waals surface area contributed by atoms with Crippen molar-refractivity contribution in [2.24, 2.45) is 5.92 Å². The Labute approximate surface area is 95.5 Å². The molecule has 0 radical (unpaired) electrons. The first-order chi connectivity index (χ1) is 7.24. The van der Waals surface area contributed by atoms with E-state index in [-0.39, 0.29) is 0 Å². The number of hydrogen-bond donors (Lipinski definition) is 1. The molecule has 0 saturated carbocycles. The quantitative estimate of drug-likeness (QED) is 0.773. The molecule has 0 bridgehead atoms. The van der Waals surface area contributed by atoms with Gasteiger partial charge in [-0.05, 0) is 47.6 Å².